The van der Waals surface area contributed by atoms with Gasteiger partial charge in [0.1, 0.15) is 12.4 Å². The van der Waals surface area contributed by atoms with Gasteiger partial charge in [0.05, 0.1) is 6.67 Å². The summed E-state index contributed by atoms with van der Waals surface area (Å²) in [7, 11) is 0. The summed E-state index contributed by atoms with van der Waals surface area (Å²) in [4.78, 5) is 30.0. The molecule has 0 aromatic heterocycles. The van der Waals surface area contributed by atoms with Gasteiger partial charge in [-0.05, 0) is 36.1 Å². The molecule has 2 aromatic rings. The van der Waals surface area contributed by atoms with Gasteiger partial charge in [-0.2, -0.15) is 0 Å². The van der Waals surface area contributed by atoms with E-state index in [-0.39, 0.29) is 24.9 Å². The van der Waals surface area contributed by atoms with Crippen LogP contribution >= 0.6 is 0 Å². The highest BCUT2D eigenvalue weighted by atomic mass is 16.7. The van der Waals surface area contributed by atoms with Crippen molar-refractivity contribution in [2.75, 3.05) is 6.67 Å². The molecule has 166 valence electrons. The molecule has 1 aliphatic rings. The molecule has 1 fully saturated rings. The number of nitrogens with two attached hydrogens (primary N) is 1. The van der Waals surface area contributed by atoms with E-state index < -0.39 is 12.1 Å². The van der Waals surface area contributed by atoms with Crippen molar-refractivity contribution in [2.45, 2.75) is 51.2 Å². The zero-order valence-corrected chi connectivity index (χ0v) is 17.6. The molecule has 1 saturated carbocycles. The van der Waals surface area contributed by atoms with Gasteiger partial charge in [0.2, 0.25) is 5.91 Å². The Kier molecular flexibility index (Phi) is 8.44. The fourth-order valence-electron chi connectivity index (χ4n) is 3.74. The summed E-state index contributed by atoms with van der Waals surface area (Å²) in [6.07, 6.45) is 3.61. The molecule has 7 nitrogen and oxygen atoms in total. The third-order valence-electron chi connectivity index (χ3n) is 5.49. The number of carboxylic acids is 1. The zero-order chi connectivity index (χ0) is 22.1. The molecule has 1 aliphatic carbocycles. The van der Waals surface area contributed by atoms with Crippen LogP contribution in [0.4, 0.5) is 0 Å². The molecule has 0 heterocycles. The Balaban J connectivity index is 1.57. The number of aliphatic carboxylic acids is 1. The van der Waals surface area contributed by atoms with Crippen LogP contribution in [0, 0.1) is 5.92 Å². The van der Waals surface area contributed by atoms with Crippen LogP contribution in [0.25, 0.3) is 0 Å². The van der Waals surface area contributed by atoms with Gasteiger partial charge in [0.15, 0.2) is 6.10 Å². The second kappa shape index (κ2) is 11.5. The van der Waals surface area contributed by atoms with Crippen molar-refractivity contribution in [2.24, 2.45) is 11.7 Å². The summed E-state index contributed by atoms with van der Waals surface area (Å²) in [6, 6.07) is 17.0. The minimum atomic E-state index is -1.20. The fourth-order valence-corrected chi connectivity index (χ4v) is 3.74. The van der Waals surface area contributed by atoms with Gasteiger partial charge >= 0.3 is 5.97 Å². The first-order valence-corrected chi connectivity index (χ1v) is 10.7. The Morgan fingerprint density at radius 1 is 1.00 bits per heavy atom. The normalized spacial score (nSPS) is 15.3. The average Bonchev–Trinajstić information content (AvgIpc) is 2.82. The second-order valence-corrected chi connectivity index (χ2v) is 7.79. The van der Waals surface area contributed by atoms with Crippen molar-refractivity contribution >= 4 is 11.9 Å². The predicted molar refractivity (Wildman–Crippen MR) is 116 cm³/mol. The number of benzene rings is 2. The lowest BCUT2D eigenvalue weighted by atomic mass is 9.88. The molecule has 0 saturated heterocycles. The monoisotopic (exact) mass is 426 g/mol. The number of hydrogen-bond acceptors (Lipinski definition) is 5. The van der Waals surface area contributed by atoms with Crippen LogP contribution in [0.1, 0.15) is 43.2 Å². The molecule has 1 atom stereocenters. The zero-order valence-electron chi connectivity index (χ0n) is 17.6. The summed E-state index contributed by atoms with van der Waals surface area (Å²) < 4.78 is 5.76. The molecule has 0 bridgehead atoms. The van der Waals surface area contributed by atoms with Crippen molar-refractivity contribution in [1.29, 1.82) is 0 Å². The van der Waals surface area contributed by atoms with E-state index >= 15 is 0 Å². The number of hydroxylamine groups is 2. The third-order valence-corrected chi connectivity index (χ3v) is 5.49. The molecular weight excluding hydrogens is 396 g/mol. The molecule has 0 radical (unpaired) electrons. The molecule has 31 heavy (non-hydrogen) atoms. The summed E-state index contributed by atoms with van der Waals surface area (Å²) in [6.45, 7) is 0.279. The Morgan fingerprint density at radius 3 is 2.29 bits per heavy atom. The first-order valence-electron chi connectivity index (χ1n) is 10.7. The van der Waals surface area contributed by atoms with Gasteiger partial charge in [-0.25, -0.2) is 9.86 Å². The van der Waals surface area contributed by atoms with Crippen LogP contribution in [0.3, 0.4) is 0 Å². The number of rotatable bonds is 10. The van der Waals surface area contributed by atoms with Gasteiger partial charge in [-0.15, -0.1) is 0 Å². The van der Waals surface area contributed by atoms with E-state index in [9.17, 15) is 14.7 Å². The van der Waals surface area contributed by atoms with Crippen LogP contribution in [0.5, 0.6) is 5.75 Å². The maximum absolute atomic E-state index is 12.7. The van der Waals surface area contributed by atoms with Crippen LogP contribution < -0.4 is 10.5 Å². The lowest BCUT2D eigenvalue weighted by Crippen LogP contribution is -2.45. The Labute approximate surface area is 182 Å². The van der Waals surface area contributed by atoms with Crippen molar-refractivity contribution in [3.05, 3.63) is 65.7 Å². The molecule has 3 N–H and O–H groups in total. The summed E-state index contributed by atoms with van der Waals surface area (Å²) in [5.41, 5.74) is 7.52. The topological polar surface area (TPSA) is 102 Å². The largest absolute Gasteiger partial charge is 0.489 e. The first-order chi connectivity index (χ1) is 15.1. The lowest BCUT2D eigenvalue weighted by molar-refractivity contribution is -0.216. The number of amides is 1. The quantitative estimate of drug-likeness (QED) is 0.445. The number of carboxylic acid groups (broad SMARTS) is 1. The van der Waals surface area contributed by atoms with E-state index in [1.807, 2.05) is 30.3 Å². The van der Waals surface area contributed by atoms with Crippen LogP contribution in [-0.2, 0) is 27.5 Å². The van der Waals surface area contributed by atoms with Crippen molar-refractivity contribution in [1.82, 2.24) is 5.06 Å². The molecule has 3 rings (SSSR count). The van der Waals surface area contributed by atoms with E-state index in [1.54, 1.807) is 24.3 Å². The highest BCUT2D eigenvalue weighted by Crippen LogP contribution is 2.26. The van der Waals surface area contributed by atoms with E-state index in [1.165, 1.54) is 0 Å². The number of carbonyl (C=O) groups is 2. The SMILES string of the molecule is NCN(OC(Cc1ccc(OCc2ccccc2)cc1)C(=O)O)C(=O)C1CCCCC1. The number of hydrogen-bond donors (Lipinski definition) is 2. The maximum atomic E-state index is 12.7. The maximum Gasteiger partial charge on any atom is 0.335 e. The summed E-state index contributed by atoms with van der Waals surface area (Å²) in [5, 5.41) is 10.6. The molecule has 1 amide bonds. The van der Waals surface area contributed by atoms with Crippen molar-refractivity contribution in [3.63, 3.8) is 0 Å². The van der Waals surface area contributed by atoms with Gasteiger partial charge in [-0.1, -0.05) is 61.7 Å². The number of carbonyl (C=O) groups excluding carboxylic acids is 1. The second-order valence-electron chi connectivity index (χ2n) is 7.79. The van der Waals surface area contributed by atoms with Crippen LogP contribution in [-0.4, -0.2) is 34.8 Å². The standard InChI is InChI=1S/C24H30N2O5/c25-17-26(23(27)20-9-5-2-6-10-20)31-22(24(28)29)15-18-11-13-21(14-12-18)30-16-19-7-3-1-4-8-19/h1,3-4,7-8,11-14,20,22H,2,5-6,9-10,15-17,25H2,(H,28,29). The predicted octanol–water partition coefficient (Wildman–Crippen LogP) is 3.52. The number of nitrogens with zero attached hydrogens (tertiary/aromatic N) is 1. The van der Waals surface area contributed by atoms with E-state index in [2.05, 4.69) is 0 Å². The third kappa shape index (κ3) is 6.80. The summed E-state index contributed by atoms with van der Waals surface area (Å²) >= 11 is 0. The van der Waals surface area contributed by atoms with Gasteiger partial charge in [0.25, 0.3) is 0 Å². The van der Waals surface area contributed by atoms with Crippen LogP contribution in [0.2, 0.25) is 0 Å². The summed E-state index contributed by atoms with van der Waals surface area (Å²) in [5.74, 6) is -0.818. The fraction of sp³-hybridized carbons (Fsp3) is 0.417. The molecule has 2 aromatic carbocycles. The van der Waals surface area contributed by atoms with Gasteiger partial charge in [0, 0.05) is 12.3 Å². The molecule has 0 spiro atoms. The van der Waals surface area contributed by atoms with E-state index in [4.69, 9.17) is 15.3 Å². The minimum Gasteiger partial charge on any atom is -0.489 e. The molecule has 0 aliphatic heterocycles. The van der Waals surface area contributed by atoms with Crippen molar-refractivity contribution < 1.29 is 24.3 Å². The first kappa shape index (κ1) is 22.8. The Morgan fingerprint density at radius 2 is 1.68 bits per heavy atom. The molecule has 1 unspecified atom stereocenters. The minimum absolute atomic E-state index is 0.114. The highest BCUT2D eigenvalue weighted by molar-refractivity contribution is 5.78. The molecule has 7 heteroatoms. The average molecular weight is 427 g/mol. The van der Waals surface area contributed by atoms with E-state index in [0.717, 1.165) is 48.3 Å². The number of ether oxygens (including phenoxy) is 1. The van der Waals surface area contributed by atoms with Crippen molar-refractivity contribution in [3.8, 4) is 5.75 Å². The highest BCUT2D eigenvalue weighted by Gasteiger charge is 2.30. The lowest BCUT2D eigenvalue weighted by Gasteiger charge is -2.29. The Bertz CT molecular complexity index is 835. The van der Waals surface area contributed by atoms with E-state index in [0.29, 0.717) is 12.4 Å². The van der Waals surface area contributed by atoms with Gasteiger partial charge in [-0.3, -0.25) is 9.63 Å². The Hall–Kier alpha value is -2.90. The van der Waals surface area contributed by atoms with Gasteiger partial charge < -0.3 is 15.6 Å². The molecular formula is C24H30N2O5. The smallest absolute Gasteiger partial charge is 0.335 e. The van der Waals surface area contributed by atoms with Crippen LogP contribution in [0.15, 0.2) is 54.6 Å².